The number of aromatic carboxylic acids is 1. The Morgan fingerprint density at radius 1 is 1.27 bits per heavy atom. The normalized spacial score (nSPS) is 18.5. The van der Waals surface area contributed by atoms with Gasteiger partial charge in [-0.05, 0) is 18.1 Å². The predicted octanol–water partition coefficient (Wildman–Crippen LogP) is 4.83. The van der Waals surface area contributed by atoms with Crippen LogP contribution in [0, 0.1) is 11.7 Å². The van der Waals surface area contributed by atoms with Gasteiger partial charge < -0.3 is 9.67 Å². The van der Waals surface area contributed by atoms with Gasteiger partial charge in [0.1, 0.15) is 17.2 Å². The van der Waals surface area contributed by atoms with E-state index in [0.717, 1.165) is 24.4 Å². The van der Waals surface area contributed by atoms with Gasteiger partial charge in [-0.2, -0.15) is 5.10 Å². The van der Waals surface area contributed by atoms with Gasteiger partial charge in [-0.25, -0.2) is 13.6 Å². The molecule has 1 unspecified atom stereocenters. The van der Waals surface area contributed by atoms with Gasteiger partial charge in [0.25, 0.3) is 0 Å². The van der Waals surface area contributed by atoms with Crippen LogP contribution >= 0.6 is 0 Å². The zero-order valence-corrected chi connectivity index (χ0v) is 18.7. The van der Waals surface area contributed by atoms with Crippen molar-refractivity contribution in [3.8, 4) is 0 Å². The Bertz CT molecular complexity index is 1370. The van der Waals surface area contributed by atoms with Gasteiger partial charge >= 0.3 is 5.97 Å². The fourth-order valence-corrected chi connectivity index (χ4v) is 4.20. The van der Waals surface area contributed by atoms with Crippen molar-refractivity contribution in [3.63, 3.8) is 0 Å². The van der Waals surface area contributed by atoms with E-state index in [9.17, 15) is 19.1 Å². The van der Waals surface area contributed by atoms with Gasteiger partial charge in [-0.1, -0.05) is 39.0 Å². The Morgan fingerprint density at radius 3 is 2.70 bits per heavy atom. The molecule has 0 saturated carbocycles. The smallest absolute Gasteiger partial charge is 0.341 e. The maximum absolute atomic E-state index is 15.3. The van der Waals surface area contributed by atoms with Crippen LogP contribution in [0.25, 0.3) is 10.9 Å². The molecule has 0 radical (unpaired) electrons. The molecular weight excluding hydrogens is 428 g/mol. The summed E-state index contributed by atoms with van der Waals surface area (Å²) in [4.78, 5) is 24.0. The summed E-state index contributed by atoms with van der Waals surface area (Å²) >= 11 is 0. The summed E-state index contributed by atoms with van der Waals surface area (Å²) in [6, 6.07) is 4.05. The average molecular weight is 453 g/mol. The first-order valence-electron chi connectivity index (χ1n) is 10.7. The molecule has 0 spiro atoms. The summed E-state index contributed by atoms with van der Waals surface area (Å²) in [6.07, 6.45) is 8.52. The number of nitrogens with zero attached hydrogens (tertiary/aromatic N) is 3. The van der Waals surface area contributed by atoms with Crippen molar-refractivity contribution in [2.45, 2.75) is 45.7 Å². The second kappa shape index (κ2) is 8.42. The summed E-state index contributed by atoms with van der Waals surface area (Å²) in [7, 11) is 0. The molecule has 0 fully saturated rings. The molecule has 1 atom stereocenters. The van der Waals surface area contributed by atoms with Crippen molar-refractivity contribution < 1.29 is 18.7 Å². The minimum absolute atomic E-state index is 0.0362. The van der Waals surface area contributed by atoms with Crippen LogP contribution in [0.5, 0.6) is 0 Å². The molecule has 4 rings (SSSR count). The summed E-state index contributed by atoms with van der Waals surface area (Å²) in [5.74, 6) is -2.19. The molecule has 0 aliphatic heterocycles. The highest BCUT2D eigenvalue weighted by Gasteiger charge is 2.31. The molecule has 33 heavy (non-hydrogen) atoms. The number of aromatic nitrogens is 3. The van der Waals surface area contributed by atoms with Gasteiger partial charge in [0.05, 0.1) is 23.6 Å². The van der Waals surface area contributed by atoms with Crippen molar-refractivity contribution in [2.75, 3.05) is 0 Å². The molecule has 6 nitrogen and oxygen atoms in total. The molecule has 0 amide bonds. The zero-order chi connectivity index (χ0) is 23.9. The maximum Gasteiger partial charge on any atom is 0.341 e. The topological polar surface area (TPSA) is 77.1 Å². The van der Waals surface area contributed by atoms with Gasteiger partial charge in [0.2, 0.25) is 5.43 Å². The van der Waals surface area contributed by atoms with Crippen molar-refractivity contribution in [1.29, 1.82) is 0 Å². The van der Waals surface area contributed by atoms with Crippen LogP contribution in [-0.4, -0.2) is 25.4 Å². The standard InChI is InChI=1S/C25H25F2N3O3/c1-15(2)11-30-13-17(10-28-30)25(3)8-7-16(20(27)9-25)12-29-14-18(24(32)33)23(31)22-19(26)5-4-6-21(22)29/h4-8,10,13-15H,9,11-12H2,1-3H3,(H,32,33). The Kier molecular flexibility index (Phi) is 5.78. The third-order valence-electron chi connectivity index (χ3n) is 6.00. The lowest BCUT2D eigenvalue weighted by atomic mass is 9.77. The Balaban J connectivity index is 1.69. The molecule has 1 aliphatic carbocycles. The molecule has 2 aromatic heterocycles. The Hall–Kier alpha value is -3.55. The summed E-state index contributed by atoms with van der Waals surface area (Å²) in [6.45, 7) is 6.86. The highest BCUT2D eigenvalue weighted by Crippen LogP contribution is 2.38. The molecule has 0 saturated heterocycles. The van der Waals surface area contributed by atoms with Gasteiger partial charge in [0.15, 0.2) is 0 Å². The summed E-state index contributed by atoms with van der Waals surface area (Å²) in [5, 5.41) is 13.5. The van der Waals surface area contributed by atoms with E-state index in [1.165, 1.54) is 16.7 Å². The molecule has 0 bridgehead atoms. The third-order valence-corrected chi connectivity index (χ3v) is 6.00. The van der Waals surface area contributed by atoms with Crippen LogP contribution in [0.3, 0.4) is 0 Å². The van der Waals surface area contributed by atoms with Crippen LogP contribution in [-0.2, 0) is 18.5 Å². The van der Waals surface area contributed by atoms with Crippen LogP contribution in [0.15, 0.2) is 65.1 Å². The van der Waals surface area contributed by atoms with E-state index in [0.29, 0.717) is 11.5 Å². The fraction of sp³-hybridized carbons (Fsp3) is 0.320. The van der Waals surface area contributed by atoms with Gasteiger partial charge in [0, 0.05) is 41.9 Å². The SMILES string of the molecule is CC(C)Cn1cc(C2(C)C=CC(Cn3cc(C(=O)O)c(=O)c4c(F)cccc43)=C(F)C2)cn1. The van der Waals surface area contributed by atoms with E-state index < -0.39 is 28.2 Å². The van der Waals surface area contributed by atoms with Crippen molar-refractivity contribution in [3.05, 3.63) is 87.5 Å². The van der Waals surface area contributed by atoms with Crippen molar-refractivity contribution in [2.24, 2.45) is 5.92 Å². The van der Waals surface area contributed by atoms with E-state index in [4.69, 9.17) is 0 Å². The van der Waals surface area contributed by atoms with E-state index in [-0.39, 0.29) is 29.7 Å². The van der Waals surface area contributed by atoms with Crippen molar-refractivity contribution in [1.82, 2.24) is 14.3 Å². The first-order chi connectivity index (χ1) is 15.6. The molecule has 1 aliphatic rings. The minimum Gasteiger partial charge on any atom is -0.477 e. The number of benzene rings is 1. The molecule has 8 heteroatoms. The Labute approximate surface area is 189 Å². The molecule has 172 valence electrons. The largest absolute Gasteiger partial charge is 0.477 e. The number of carboxylic acid groups (broad SMARTS) is 1. The molecule has 3 aromatic rings. The summed E-state index contributed by atoms with van der Waals surface area (Å²) < 4.78 is 32.9. The first kappa shape index (κ1) is 22.6. The van der Waals surface area contributed by atoms with Crippen LogP contribution in [0.1, 0.15) is 43.1 Å². The lowest BCUT2D eigenvalue weighted by Crippen LogP contribution is -2.23. The first-order valence-corrected chi connectivity index (χ1v) is 10.7. The average Bonchev–Trinajstić information content (AvgIpc) is 3.20. The monoisotopic (exact) mass is 453 g/mol. The highest BCUT2D eigenvalue weighted by atomic mass is 19.1. The molecule has 1 N–H and O–H groups in total. The van der Waals surface area contributed by atoms with Crippen LogP contribution in [0.4, 0.5) is 8.78 Å². The zero-order valence-electron chi connectivity index (χ0n) is 18.7. The van der Waals surface area contributed by atoms with E-state index in [2.05, 4.69) is 18.9 Å². The number of carboxylic acids is 1. The predicted molar refractivity (Wildman–Crippen MR) is 121 cm³/mol. The number of rotatable bonds is 6. The van der Waals surface area contributed by atoms with E-state index in [1.54, 1.807) is 12.3 Å². The number of allylic oxidation sites excluding steroid dienone is 4. The van der Waals surface area contributed by atoms with Crippen molar-refractivity contribution >= 4 is 16.9 Å². The second-order valence-electron chi connectivity index (χ2n) is 9.14. The number of halogens is 2. The molecule has 1 aromatic carbocycles. The van der Waals surface area contributed by atoms with Gasteiger partial charge in [-0.3, -0.25) is 9.48 Å². The maximum atomic E-state index is 15.3. The number of hydrogen-bond donors (Lipinski definition) is 1. The minimum atomic E-state index is -1.46. The lowest BCUT2D eigenvalue weighted by Gasteiger charge is -2.28. The number of hydrogen-bond acceptors (Lipinski definition) is 3. The lowest BCUT2D eigenvalue weighted by molar-refractivity contribution is 0.0695. The van der Waals surface area contributed by atoms with E-state index in [1.807, 2.05) is 23.9 Å². The highest BCUT2D eigenvalue weighted by molar-refractivity contribution is 5.92. The van der Waals surface area contributed by atoms with Gasteiger partial charge in [-0.15, -0.1) is 0 Å². The number of pyridine rings is 1. The summed E-state index contributed by atoms with van der Waals surface area (Å²) in [5.41, 5.74) is -0.582. The fourth-order valence-electron chi connectivity index (χ4n) is 4.20. The van der Waals surface area contributed by atoms with E-state index >= 15 is 4.39 Å². The molecular formula is C25H25F2N3O3. The van der Waals surface area contributed by atoms with Crippen LogP contribution < -0.4 is 5.43 Å². The second-order valence-corrected chi connectivity index (χ2v) is 9.14. The number of fused-ring (bicyclic) bond motifs is 1. The Morgan fingerprint density at radius 2 is 2.03 bits per heavy atom. The van der Waals surface area contributed by atoms with Crippen LogP contribution in [0.2, 0.25) is 0 Å². The quantitative estimate of drug-likeness (QED) is 0.580. The number of carbonyl (C=O) groups is 1. The third kappa shape index (κ3) is 4.25. The molecule has 2 heterocycles.